The van der Waals surface area contributed by atoms with Crippen molar-refractivity contribution in [1.29, 1.82) is 0 Å². The second-order valence-corrected chi connectivity index (χ2v) is 4.96. The molecule has 2 N–H and O–H groups in total. The zero-order chi connectivity index (χ0) is 13.7. The summed E-state index contributed by atoms with van der Waals surface area (Å²) >= 11 is 5.85. The second-order valence-electron chi connectivity index (χ2n) is 4.61. The molecule has 1 aromatic heterocycles. The Bertz CT molecular complexity index is 463. The first-order valence-corrected chi connectivity index (χ1v) is 6.80. The van der Waals surface area contributed by atoms with E-state index in [1.807, 2.05) is 6.92 Å². The van der Waals surface area contributed by atoms with Gasteiger partial charge in [0.1, 0.15) is 0 Å². The van der Waals surface area contributed by atoms with Crippen molar-refractivity contribution in [2.24, 2.45) is 0 Å². The predicted molar refractivity (Wildman–Crippen MR) is 73.2 cm³/mol. The van der Waals surface area contributed by atoms with Gasteiger partial charge in [-0.15, -0.1) is 0 Å². The fourth-order valence-corrected chi connectivity index (χ4v) is 2.28. The summed E-state index contributed by atoms with van der Waals surface area (Å²) < 4.78 is 4.85. The molecule has 0 aliphatic carbocycles. The minimum absolute atomic E-state index is 0.0242. The van der Waals surface area contributed by atoms with Crippen molar-refractivity contribution in [3.05, 3.63) is 28.1 Å². The Kier molecular flexibility index (Phi) is 4.99. The van der Waals surface area contributed by atoms with Gasteiger partial charge >= 0.3 is 0 Å². The van der Waals surface area contributed by atoms with E-state index < -0.39 is 0 Å². The number of carbonyl (C=O) groups excluding carboxylic acids is 1. The van der Waals surface area contributed by atoms with Gasteiger partial charge in [0.05, 0.1) is 5.69 Å². The van der Waals surface area contributed by atoms with Crippen LogP contribution in [0.2, 0.25) is 5.22 Å². The second kappa shape index (κ2) is 6.73. The minimum atomic E-state index is 0.0242. The third kappa shape index (κ3) is 4.08. The van der Waals surface area contributed by atoms with Gasteiger partial charge < -0.3 is 15.2 Å². The quantitative estimate of drug-likeness (QED) is 0.806. The van der Waals surface area contributed by atoms with Crippen molar-refractivity contribution in [3.8, 4) is 0 Å². The average Bonchev–Trinajstić information content (AvgIpc) is 2.75. The lowest BCUT2D eigenvalue weighted by Crippen LogP contribution is -2.29. The normalized spacial score (nSPS) is 15.2. The maximum absolute atomic E-state index is 11.8. The minimum Gasteiger partial charge on any atom is -0.352 e. The van der Waals surface area contributed by atoms with E-state index in [9.17, 15) is 4.79 Å². The molecule has 0 atom stereocenters. The van der Waals surface area contributed by atoms with E-state index in [1.54, 1.807) is 0 Å². The number of carbonyl (C=O) groups is 1. The standard InChI is InChI=1S/C13H18ClN3O2/c1-9-11(13(14)19-17-9)2-3-12(18)16-8-10-4-6-15-7-5-10/h4,15H,2-3,5-8H2,1H3,(H,16,18). The zero-order valence-electron chi connectivity index (χ0n) is 11.0. The molecular weight excluding hydrogens is 266 g/mol. The molecule has 0 radical (unpaired) electrons. The van der Waals surface area contributed by atoms with Crippen LogP contribution in [0, 0.1) is 6.92 Å². The summed E-state index contributed by atoms with van der Waals surface area (Å²) in [4.78, 5) is 11.8. The average molecular weight is 284 g/mol. The fraction of sp³-hybridized carbons (Fsp3) is 0.538. The topological polar surface area (TPSA) is 67.2 Å². The lowest BCUT2D eigenvalue weighted by molar-refractivity contribution is -0.120. The molecule has 2 rings (SSSR count). The Balaban J connectivity index is 1.74. The predicted octanol–water partition coefficient (Wildman–Crippen LogP) is 1.60. The molecule has 0 unspecified atom stereocenters. The first-order valence-electron chi connectivity index (χ1n) is 6.43. The number of aryl methyl sites for hydroxylation is 1. The lowest BCUT2D eigenvalue weighted by Gasteiger charge is -2.14. The van der Waals surface area contributed by atoms with E-state index in [2.05, 4.69) is 21.9 Å². The van der Waals surface area contributed by atoms with Crippen molar-refractivity contribution in [2.75, 3.05) is 19.6 Å². The van der Waals surface area contributed by atoms with Gasteiger partial charge in [-0.1, -0.05) is 16.8 Å². The van der Waals surface area contributed by atoms with Crippen LogP contribution in [0.25, 0.3) is 0 Å². The first kappa shape index (κ1) is 14.1. The Labute approximate surface area is 117 Å². The number of hydrogen-bond donors (Lipinski definition) is 2. The van der Waals surface area contributed by atoms with Gasteiger partial charge in [0.25, 0.3) is 0 Å². The van der Waals surface area contributed by atoms with E-state index in [4.69, 9.17) is 16.1 Å². The van der Waals surface area contributed by atoms with Crippen molar-refractivity contribution < 1.29 is 9.32 Å². The molecular formula is C13H18ClN3O2. The molecule has 0 spiro atoms. The van der Waals surface area contributed by atoms with E-state index in [1.165, 1.54) is 5.57 Å². The number of rotatable bonds is 5. The highest BCUT2D eigenvalue weighted by Gasteiger charge is 2.12. The number of amides is 1. The molecule has 1 aromatic rings. The Hall–Kier alpha value is -1.33. The number of halogens is 1. The Morgan fingerprint density at radius 1 is 1.63 bits per heavy atom. The van der Waals surface area contributed by atoms with Crippen LogP contribution in [0.15, 0.2) is 16.2 Å². The summed E-state index contributed by atoms with van der Waals surface area (Å²) in [6.07, 6.45) is 4.08. The highest BCUT2D eigenvalue weighted by molar-refractivity contribution is 6.29. The van der Waals surface area contributed by atoms with E-state index in [0.29, 0.717) is 19.4 Å². The molecule has 0 aromatic carbocycles. The van der Waals surface area contributed by atoms with Crippen LogP contribution in [-0.4, -0.2) is 30.7 Å². The third-order valence-electron chi connectivity index (χ3n) is 3.21. The van der Waals surface area contributed by atoms with Crippen LogP contribution >= 0.6 is 11.6 Å². The van der Waals surface area contributed by atoms with Crippen LogP contribution in [0.1, 0.15) is 24.1 Å². The highest BCUT2D eigenvalue weighted by Crippen LogP contribution is 2.20. The fourth-order valence-electron chi connectivity index (χ4n) is 2.01. The number of aromatic nitrogens is 1. The molecule has 1 aliphatic rings. The van der Waals surface area contributed by atoms with Crippen molar-refractivity contribution >= 4 is 17.5 Å². The largest absolute Gasteiger partial charge is 0.352 e. The molecule has 5 nitrogen and oxygen atoms in total. The maximum atomic E-state index is 11.8. The molecule has 1 aliphatic heterocycles. The molecule has 0 bridgehead atoms. The van der Waals surface area contributed by atoms with Crippen LogP contribution < -0.4 is 10.6 Å². The molecule has 19 heavy (non-hydrogen) atoms. The molecule has 0 saturated carbocycles. The summed E-state index contributed by atoms with van der Waals surface area (Å²) in [6, 6.07) is 0. The molecule has 1 amide bonds. The maximum Gasteiger partial charge on any atom is 0.229 e. The molecule has 104 valence electrons. The van der Waals surface area contributed by atoms with Gasteiger partial charge in [-0.25, -0.2) is 0 Å². The van der Waals surface area contributed by atoms with Crippen LogP contribution in [-0.2, 0) is 11.2 Å². The van der Waals surface area contributed by atoms with E-state index >= 15 is 0 Å². The Morgan fingerprint density at radius 2 is 2.47 bits per heavy atom. The van der Waals surface area contributed by atoms with Gasteiger partial charge in [0.15, 0.2) is 0 Å². The summed E-state index contributed by atoms with van der Waals surface area (Å²) in [7, 11) is 0. The third-order valence-corrected chi connectivity index (χ3v) is 3.51. The number of nitrogens with one attached hydrogen (secondary N) is 2. The van der Waals surface area contributed by atoms with Gasteiger partial charge in [-0.05, 0) is 37.9 Å². The van der Waals surface area contributed by atoms with E-state index in [-0.39, 0.29) is 11.1 Å². The lowest BCUT2D eigenvalue weighted by atomic mass is 10.1. The zero-order valence-corrected chi connectivity index (χ0v) is 11.7. The van der Waals surface area contributed by atoms with Gasteiger partial charge in [-0.2, -0.15) is 0 Å². The van der Waals surface area contributed by atoms with Gasteiger partial charge in [0.2, 0.25) is 11.1 Å². The monoisotopic (exact) mass is 283 g/mol. The summed E-state index contributed by atoms with van der Waals surface area (Å²) in [5.74, 6) is 0.0242. The molecule has 0 saturated heterocycles. The van der Waals surface area contributed by atoms with E-state index in [0.717, 1.165) is 30.8 Å². The van der Waals surface area contributed by atoms with Crippen LogP contribution in [0.5, 0.6) is 0 Å². The van der Waals surface area contributed by atoms with Crippen LogP contribution in [0.3, 0.4) is 0 Å². The smallest absolute Gasteiger partial charge is 0.229 e. The number of hydrogen-bond acceptors (Lipinski definition) is 4. The SMILES string of the molecule is Cc1noc(Cl)c1CCC(=O)NCC1=CCNCC1. The van der Waals surface area contributed by atoms with Gasteiger partial charge in [-0.3, -0.25) is 4.79 Å². The van der Waals surface area contributed by atoms with Gasteiger partial charge in [0, 0.05) is 25.1 Å². The molecule has 0 fully saturated rings. The summed E-state index contributed by atoms with van der Waals surface area (Å²) in [5.41, 5.74) is 2.85. The Morgan fingerprint density at radius 3 is 3.11 bits per heavy atom. The molecule has 6 heteroatoms. The highest BCUT2D eigenvalue weighted by atomic mass is 35.5. The van der Waals surface area contributed by atoms with Crippen molar-refractivity contribution in [2.45, 2.75) is 26.2 Å². The number of nitrogens with zero attached hydrogens (tertiary/aromatic N) is 1. The van der Waals surface area contributed by atoms with Crippen molar-refractivity contribution in [1.82, 2.24) is 15.8 Å². The summed E-state index contributed by atoms with van der Waals surface area (Å²) in [6.45, 7) is 4.33. The summed E-state index contributed by atoms with van der Waals surface area (Å²) in [5, 5.41) is 10.2. The molecule has 2 heterocycles. The first-order chi connectivity index (χ1) is 9.16. The van der Waals surface area contributed by atoms with Crippen LogP contribution in [0.4, 0.5) is 0 Å². The van der Waals surface area contributed by atoms with Crippen molar-refractivity contribution in [3.63, 3.8) is 0 Å².